The number of aryl methyl sites for hydroxylation is 1. The van der Waals surface area contributed by atoms with Gasteiger partial charge in [0.2, 0.25) is 0 Å². The Hall–Kier alpha value is -2.81. The molecule has 0 bridgehead atoms. The molecule has 1 fully saturated rings. The van der Waals surface area contributed by atoms with Crippen molar-refractivity contribution in [1.82, 2.24) is 19.4 Å². The van der Waals surface area contributed by atoms with Gasteiger partial charge in [-0.1, -0.05) is 0 Å². The smallest absolute Gasteiger partial charge is 0.416 e. The van der Waals surface area contributed by atoms with Crippen LogP contribution in [0.3, 0.4) is 0 Å². The molecule has 0 spiro atoms. The molecule has 3 aromatic rings. The second-order valence-corrected chi connectivity index (χ2v) is 7.34. The van der Waals surface area contributed by atoms with Gasteiger partial charge in [0.25, 0.3) is 0 Å². The molecule has 1 saturated heterocycles. The summed E-state index contributed by atoms with van der Waals surface area (Å²) < 4.78 is 40.5. The van der Waals surface area contributed by atoms with Crippen LogP contribution in [0.4, 0.5) is 19.0 Å². The number of aromatic nitrogens is 3. The normalized spacial score (nSPS) is 17.9. The van der Waals surface area contributed by atoms with Gasteiger partial charge in [-0.15, -0.1) is 0 Å². The van der Waals surface area contributed by atoms with E-state index in [1.165, 1.54) is 6.07 Å². The first-order valence-corrected chi connectivity index (χ1v) is 9.49. The zero-order valence-electron chi connectivity index (χ0n) is 16.2. The first-order valence-electron chi connectivity index (χ1n) is 9.49. The Morgan fingerprint density at radius 3 is 2.62 bits per heavy atom. The molecule has 1 aromatic carbocycles. The lowest BCUT2D eigenvalue weighted by Gasteiger charge is -2.13. The van der Waals surface area contributed by atoms with E-state index in [1.54, 1.807) is 0 Å². The van der Waals surface area contributed by atoms with Crippen LogP contribution in [0.25, 0.3) is 22.6 Å². The minimum Gasteiger partial charge on any atom is -0.507 e. The maximum atomic E-state index is 12.9. The average Bonchev–Trinajstić information content (AvgIpc) is 3.23. The van der Waals surface area contributed by atoms with Gasteiger partial charge in [0, 0.05) is 19.1 Å². The highest BCUT2D eigenvalue weighted by Gasteiger charge is 2.31. The van der Waals surface area contributed by atoms with Crippen molar-refractivity contribution >= 4 is 17.0 Å². The summed E-state index contributed by atoms with van der Waals surface area (Å²) in [5.41, 5.74) is 0.585. The molecular formula is C20H22F3N5O. The summed E-state index contributed by atoms with van der Waals surface area (Å²) in [6, 6.07) is 7.02. The van der Waals surface area contributed by atoms with Crippen LogP contribution in [0.5, 0.6) is 5.75 Å². The van der Waals surface area contributed by atoms with Crippen molar-refractivity contribution in [2.45, 2.75) is 32.1 Å². The molecule has 29 heavy (non-hydrogen) atoms. The molecule has 154 valence electrons. The van der Waals surface area contributed by atoms with E-state index in [2.05, 4.69) is 27.2 Å². The molecule has 0 aliphatic carbocycles. The van der Waals surface area contributed by atoms with E-state index < -0.39 is 17.5 Å². The maximum Gasteiger partial charge on any atom is 0.416 e. The lowest BCUT2D eigenvalue weighted by molar-refractivity contribution is -0.137. The van der Waals surface area contributed by atoms with Crippen LogP contribution < -0.4 is 5.32 Å². The molecule has 3 heterocycles. The van der Waals surface area contributed by atoms with Gasteiger partial charge < -0.3 is 19.9 Å². The van der Waals surface area contributed by atoms with E-state index >= 15 is 0 Å². The van der Waals surface area contributed by atoms with Gasteiger partial charge in [-0.25, -0.2) is 9.97 Å². The minimum absolute atomic E-state index is 0.241. The fraction of sp³-hybridized carbons (Fsp3) is 0.400. The second-order valence-electron chi connectivity index (χ2n) is 7.34. The number of pyridine rings is 1. The number of imidazole rings is 1. The number of anilines is 1. The van der Waals surface area contributed by atoms with Gasteiger partial charge in [0.15, 0.2) is 5.65 Å². The van der Waals surface area contributed by atoms with E-state index in [0.29, 0.717) is 29.9 Å². The number of alkyl halides is 3. The third kappa shape index (κ3) is 3.74. The summed E-state index contributed by atoms with van der Waals surface area (Å²) >= 11 is 0. The Morgan fingerprint density at radius 2 is 2.00 bits per heavy atom. The van der Waals surface area contributed by atoms with Crippen LogP contribution in [-0.4, -0.2) is 50.7 Å². The van der Waals surface area contributed by atoms with Gasteiger partial charge >= 0.3 is 6.18 Å². The van der Waals surface area contributed by atoms with Crippen molar-refractivity contribution in [3.63, 3.8) is 0 Å². The molecule has 1 unspecified atom stereocenters. The van der Waals surface area contributed by atoms with Crippen molar-refractivity contribution < 1.29 is 18.3 Å². The van der Waals surface area contributed by atoms with Gasteiger partial charge in [-0.3, -0.25) is 0 Å². The highest BCUT2D eigenvalue weighted by molar-refractivity contribution is 5.80. The standard InChI is InChI=1S/C20H22F3N5O/c1-3-28-15-6-7-17(24-13-8-9-27(2)11-13)25-18(15)26-19(28)14-5-4-12(10-16(14)29)20(21,22)23/h4-7,10,13,29H,3,8-9,11H2,1-2H3,(H,24,25). The summed E-state index contributed by atoms with van der Waals surface area (Å²) in [7, 11) is 2.07. The van der Waals surface area contributed by atoms with Crippen LogP contribution in [-0.2, 0) is 12.7 Å². The first kappa shape index (κ1) is 19.5. The summed E-state index contributed by atoms with van der Waals surface area (Å²) in [6.07, 6.45) is -3.48. The molecule has 4 rings (SSSR count). The number of phenolic OH excluding ortho intramolecular Hbond substituents is 1. The van der Waals surface area contributed by atoms with Crippen LogP contribution in [0.15, 0.2) is 30.3 Å². The largest absolute Gasteiger partial charge is 0.507 e. The number of benzene rings is 1. The third-order valence-electron chi connectivity index (χ3n) is 5.24. The lowest BCUT2D eigenvalue weighted by atomic mass is 10.1. The summed E-state index contributed by atoms with van der Waals surface area (Å²) in [5, 5.41) is 13.6. The van der Waals surface area contributed by atoms with E-state index in [-0.39, 0.29) is 5.56 Å². The van der Waals surface area contributed by atoms with Gasteiger partial charge in [-0.05, 0) is 57.3 Å². The Bertz CT molecular complexity index is 1050. The number of rotatable bonds is 4. The Kier molecular flexibility index (Phi) is 4.85. The SMILES string of the molecule is CCn1c(-c2ccc(C(F)(F)F)cc2O)nc2nc(NC3CCN(C)C3)ccc21. The number of nitrogens with zero attached hydrogens (tertiary/aromatic N) is 4. The predicted molar refractivity (Wildman–Crippen MR) is 105 cm³/mol. The zero-order chi connectivity index (χ0) is 20.8. The highest BCUT2D eigenvalue weighted by atomic mass is 19.4. The van der Waals surface area contributed by atoms with Crippen molar-refractivity contribution in [1.29, 1.82) is 0 Å². The van der Waals surface area contributed by atoms with Crippen LogP contribution in [0, 0.1) is 0 Å². The number of likely N-dealkylation sites (tertiary alicyclic amines) is 1. The van der Waals surface area contributed by atoms with E-state index in [4.69, 9.17) is 0 Å². The van der Waals surface area contributed by atoms with Crippen molar-refractivity contribution in [2.75, 3.05) is 25.5 Å². The number of hydrogen-bond donors (Lipinski definition) is 2. The summed E-state index contributed by atoms with van der Waals surface area (Å²) in [5.74, 6) is 0.637. The van der Waals surface area contributed by atoms with Crippen molar-refractivity contribution in [3.8, 4) is 17.1 Å². The summed E-state index contributed by atoms with van der Waals surface area (Å²) in [4.78, 5) is 11.3. The molecule has 0 saturated carbocycles. The number of phenols is 1. The zero-order valence-corrected chi connectivity index (χ0v) is 16.2. The lowest BCUT2D eigenvalue weighted by Crippen LogP contribution is -2.23. The Balaban J connectivity index is 1.71. The number of likely N-dealkylation sites (N-methyl/N-ethyl adjacent to an activating group) is 1. The number of aromatic hydroxyl groups is 1. The molecule has 1 atom stereocenters. The van der Waals surface area contributed by atoms with Crippen LogP contribution in [0.1, 0.15) is 18.9 Å². The van der Waals surface area contributed by atoms with E-state index in [9.17, 15) is 18.3 Å². The minimum atomic E-state index is -4.52. The topological polar surface area (TPSA) is 66.2 Å². The monoisotopic (exact) mass is 405 g/mol. The number of halogens is 3. The molecule has 2 N–H and O–H groups in total. The molecule has 1 aliphatic heterocycles. The van der Waals surface area contributed by atoms with E-state index in [1.807, 2.05) is 23.6 Å². The fourth-order valence-corrected chi connectivity index (χ4v) is 3.77. The molecule has 2 aromatic heterocycles. The van der Waals surface area contributed by atoms with Gasteiger partial charge in [0.1, 0.15) is 17.4 Å². The number of nitrogens with one attached hydrogen (secondary N) is 1. The fourth-order valence-electron chi connectivity index (χ4n) is 3.77. The van der Waals surface area contributed by atoms with Crippen molar-refractivity contribution in [3.05, 3.63) is 35.9 Å². The average molecular weight is 405 g/mol. The van der Waals surface area contributed by atoms with Gasteiger partial charge in [-0.2, -0.15) is 13.2 Å². The quantitative estimate of drug-likeness (QED) is 0.688. The molecule has 0 amide bonds. The van der Waals surface area contributed by atoms with Crippen LogP contribution >= 0.6 is 0 Å². The summed E-state index contributed by atoms with van der Waals surface area (Å²) in [6.45, 7) is 4.41. The Morgan fingerprint density at radius 1 is 1.21 bits per heavy atom. The van der Waals surface area contributed by atoms with Crippen molar-refractivity contribution in [2.24, 2.45) is 0 Å². The molecule has 0 radical (unpaired) electrons. The molecule has 6 nitrogen and oxygen atoms in total. The highest BCUT2D eigenvalue weighted by Crippen LogP contribution is 2.37. The second kappa shape index (κ2) is 7.22. The first-order chi connectivity index (χ1) is 13.8. The third-order valence-corrected chi connectivity index (χ3v) is 5.24. The number of fused-ring (bicyclic) bond motifs is 1. The van der Waals surface area contributed by atoms with Crippen LogP contribution in [0.2, 0.25) is 0 Å². The Labute approximate surface area is 166 Å². The predicted octanol–water partition coefficient (Wildman–Crippen LogP) is 3.96. The number of hydrogen-bond acceptors (Lipinski definition) is 5. The van der Waals surface area contributed by atoms with Gasteiger partial charge in [0.05, 0.1) is 16.6 Å². The van der Waals surface area contributed by atoms with E-state index in [0.717, 1.165) is 37.2 Å². The molecule has 9 heteroatoms. The molecule has 1 aliphatic rings. The molecular weight excluding hydrogens is 383 g/mol. The maximum absolute atomic E-state index is 12.9.